The van der Waals surface area contributed by atoms with E-state index in [1.165, 1.54) is 16.5 Å². The molecule has 92 valence electrons. The Kier molecular flexibility index (Phi) is 3.38. The van der Waals surface area contributed by atoms with Crippen molar-refractivity contribution in [2.75, 3.05) is 27.7 Å². The number of aromatic nitrogens is 1. The highest BCUT2D eigenvalue weighted by Gasteiger charge is 2.11. The molecule has 2 rings (SSSR count). The zero-order valence-electron chi connectivity index (χ0n) is 11.0. The summed E-state index contributed by atoms with van der Waals surface area (Å²) in [5.41, 5.74) is 3.67. The lowest BCUT2D eigenvalue weighted by Gasteiger charge is -2.11. The minimum Gasteiger partial charge on any atom is -0.496 e. The van der Waals surface area contributed by atoms with Gasteiger partial charge in [0.05, 0.1) is 7.11 Å². The number of aromatic amines is 1. The van der Waals surface area contributed by atoms with Crippen molar-refractivity contribution in [1.29, 1.82) is 0 Å². The van der Waals surface area contributed by atoms with E-state index in [2.05, 4.69) is 49.2 Å². The third kappa shape index (κ3) is 2.29. The third-order valence-corrected chi connectivity index (χ3v) is 3.11. The summed E-state index contributed by atoms with van der Waals surface area (Å²) in [7, 11) is 5.93. The van der Waals surface area contributed by atoms with E-state index < -0.39 is 0 Å². The Bertz CT molecular complexity index is 514. The lowest BCUT2D eigenvalue weighted by molar-refractivity contribution is 0.410. The van der Waals surface area contributed by atoms with E-state index in [1.807, 2.05) is 0 Å². The Balaban J connectivity index is 2.46. The molecule has 17 heavy (non-hydrogen) atoms. The SMILES string of the molecule is COc1c(C)ccc2[nH]cc(CCN(C)C)c12. The van der Waals surface area contributed by atoms with Crippen LogP contribution in [-0.2, 0) is 6.42 Å². The van der Waals surface area contributed by atoms with E-state index in [4.69, 9.17) is 4.74 Å². The fourth-order valence-electron chi connectivity index (χ4n) is 2.17. The van der Waals surface area contributed by atoms with Crippen molar-refractivity contribution in [3.05, 3.63) is 29.5 Å². The van der Waals surface area contributed by atoms with Crippen molar-refractivity contribution in [3.8, 4) is 5.75 Å². The Labute approximate surface area is 102 Å². The van der Waals surface area contributed by atoms with Gasteiger partial charge in [0.2, 0.25) is 0 Å². The first-order valence-electron chi connectivity index (χ1n) is 5.91. The summed E-state index contributed by atoms with van der Waals surface area (Å²) in [6.45, 7) is 3.13. The van der Waals surface area contributed by atoms with Gasteiger partial charge in [0, 0.05) is 23.6 Å². The van der Waals surface area contributed by atoms with Gasteiger partial charge in [-0.15, -0.1) is 0 Å². The molecule has 0 radical (unpaired) electrons. The topological polar surface area (TPSA) is 28.3 Å². The number of ether oxygens (including phenoxy) is 1. The zero-order chi connectivity index (χ0) is 12.4. The number of nitrogens with zero attached hydrogens (tertiary/aromatic N) is 1. The van der Waals surface area contributed by atoms with Gasteiger partial charge in [0.15, 0.2) is 0 Å². The molecule has 1 N–H and O–H groups in total. The van der Waals surface area contributed by atoms with Gasteiger partial charge in [-0.2, -0.15) is 0 Å². The maximum Gasteiger partial charge on any atom is 0.131 e. The number of fused-ring (bicyclic) bond motifs is 1. The van der Waals surface area contributed by atoms with Gasteiger partial charge in [-0.25, -0.2) is 0 Å². The van der Waals surface area contributed by atoms with E-state index in [0.29, 0.717) is 0 Å². The smallest absolute Gasteiger partial charge is 0.131 e. The van der Waals surface area contributed by atoms with Gasteiger partial charge in [-0.05, 0) is 44.6 Å². The van der Waals surface area contributed by atoms with Crippen LogP contribution in [0.3, 0.4) is 0 Å². The predicted octanol–water partition coefficient (Wildman–Crippen LogP) is 2.59. The van der Waals surface area contributed by atoms with Crippen molar-refractivity contribution >= 4 is 10.9 Å². The number of methoxy groups -OCH3 is 1. The summed E-state index contributed by atoms with van der Waals surface area (Å²) in [6, 6.07) is 4.21. The molecule has 0 bridgehead atoms. The van der Waals surface area contributed by atoms with E-state index in [-0.39, 0.29) is 0 Å². The minimum absolute atomic E-state index is 0.998. The molecule has 0 unspecified atom stereocenters. The van der Waals surface area contributed by atoms with E-state index in [0.717, 1.165) is 24.2 Å². The fraction of sp³-hybridized carbons (Fsp3) is 0.429. The van der Waals surface area contributed by atoms with E-state index >= 15 is 0 Å². The molecule has 0 aliphatic carbocycles. The van der Waals surface area contributed by atoms with Gasteiger partial charge in [0.1, 0.15) is 5.75 Å². The molecule has 1 heterocycles. The van der Waals surface area contributed by atoms with Gasteiger partial charge >= 0.3 is 0 Å². The van der Waals surface area contributed by atoms with Gasteiger partial charge in [0.25, 0.3) is 0 Å². The number of nitrogens with one attached hydrogen (secondary N) is 1. The molecule has 0 atom stereocenters. The number of rotatable bonds is 4. The van der Waals surface area contributed by atoms with Crippen LogP contribution in [0.25, 0.3) is 10.9 Å². The number of benzene rings is 1. The maximum absolute atomic E-state index is 5.53. The molecule has 2 aromatic rings. The second-order valence-corrected chi connectivity index (χ2v) is 4.71. The fourth-order valence-corrected chi connectivity index (χ4v) is 2.17. The van der Waals surface area contributed by atoms with Crippen molar-refractivity contribution < 1.29 is 4.74 Å². The van der Waals surface area contributed by atoms with Gasteiger partial charge in [-0.1, -0.05) is 6.07 Å². The Morgan fingerprint density at radius 3 is 2.71 bits per heavy atom. The summed E-state index contributed by atoms with van der Waals surface area (Å²) in [4.78, 5) is 5.51. The van der Waals surface area contributed by atoms with Crippen LogP contribution in [0.15, 0.2) is 18.3 Å². The Hall–Kier alpha value is -1.48. The summed E-state index contributed by atoms with van der Waals surface area (Å²) in [6.07, 6.45) is 3.13. The van der Waals surface area contributed by atoms with Crippen molar-refractivity contribution in [2.24, 2.45) is 0 Å². The lowest BCUT2D eigenvalue weighted by Crippen LogP contribution is -2.14. The molecule has 0 aliphatic rings. The Morgan fingerprint density at radius 1 is 1.29 bits per heavy atom. The molecular weight excluding hydrogens is 212 g/mol. The highest BCUT2D eigenvalue weighted by atomic mass is 16.5. The van der Waals surface area contributed by atoms with Crippen LogP contribution in [0.2, 0.25) is 0 Å². The van der Waals surface area contributed by atoms with E-state index in [9.17, 15) is 0 Å². The molecule has 1 aromatic carbocycles. The van der Waals surface area contributed by atoms with E-state index in [1.54, 1.807) is 7.11 Å². The number of H-pyrrole nitrogens is 1. The quantitative estimate of drug-likeness (QED) is 0.877. The molecular formula is C14H20N2O. The van der Waals surface area contributed by atoms with Crippen LogP contribution in [0.1, 0.15) is 11.1 Å². The molecule has 1 aromatic heterocycles. The number of likely N-dealkylation sites (N-methyl/N-ethyl adjacent to an activating group) is 1. The normalized spacial score (nSPS) is 11.4. The van der Waals surface area contributed by atoms with Crippen molar-refractivity contribution in [1.82, 2.24) is 9.88 Å². The summed E-state index contributed by atoms with van der Waals surface area (Å²) in [5, 5.41) is 1.23. The molecule has 0 spiro atoms. The van der Waals surface area contributed by atoms with Gasteiger partial charge < -0.3 is 14.6 Å². The zero-order valence-corrected chi connectivity index (χ0v) is 11.0. The van der Waals surface area contributed by atoms with Crippen molar-refractivity contribution in [3.63, 3.8) is 0 Å². The monoisotopic (exact) mass is 232 g/mol. The number of aryl methyl sites for hydroxylation is 1. The first-order chi connectivity index (χ1) is 8.13. The standard InChI is InChI=1S/C14H20N2O/c1-10-5-6-12-13(14(10)17-4)11(9-15-12)7-8-16(2)3/h5-6,9,15H,7-8H2,1-4H3. The third-order valence-electron chi connectivity index (χ3n) is 3.11. The molecule has 0 amide bonds. The number of hydrogen-bond donors (Lipinski definition) is 1. The minimum atomic E-state index is 0.998. The summed E-state index contributed by atoms with van der Waals surface area (Å²) >= 11 is 0. The molecule has 0 aliphatic heterocycles. The van der Waals surface area contributed by atoms with Gasteiger partial charge in [-0.3, -0.25) is 0 Å². The predicted molar refractivity (Wildman–Crippen MR) is 71.8 cm³/mol. The van der Waals surface area contributed by atoms with Crippen LogP contribution < -0.4 is 4.74 Å². The molecule has 0 saturated carbocycles. The average Bonchev–Trinajstić information content (AvgIpc) is 2.69. The van der Waals surface area contributed by atoms with Crippen LogP contribution in [0, 0.1) is 6.92 Å². The molecule has 3 nitrogen and oxygen atoms in total. The first-order valence-corrected chi connectivity index (χ1v) is 5.91. The summed E-state index contributed by atoms with van der Waals surface area (Å²) < 4.78 is 5.53. The van der Waals surface area contributed by atoms with Crippen LogP contribution in [0.4, 0.5) is 0 Å². The number of hydrogen-bond acceptors (Lipinski definition) is 2. The Morgan fingerprint density at radius 2 is 2.06 bits per heavy atom. The first kappa shape index (κ1) is 12.0. The largest absolute Gasteiger partial charge is 0.496 e. The average molecular weight is 232 g/mol. The molecule has 0 fully saturated rings. The molecule has 3 heteroatoms. The highest BCUT2D eigenvalue weighted by molar-refractivity contribution is 5.90. The second-order valence-electron chi connectivity index (χ2n) is 4.71. The van der Waals surface area contributed by atoms with Crippen LogP contribution in [-0.4, -0.2) is 37.6 Å². The van der Waals surface area contributed by atoms with Crippen LogP contribution >= 0.6 is 0 Å². The van der Waals surface area contributed by atoms with Crippen LogP contribution in [0.5, 0.6) is 5.75 Å². The maximum atomic E-state index is 5.53. The summed E-state index contributed by atoms with van der Waals surface area (Å²) in [5.74, 6) is 0.998. The highest BCUT2D eigenvalue weighted by Crippen LogP contribution is 2.32. The second kappa shape index (κ2) is 4.80. The van der Waals surface area contributed by atoms with Crippen molar-refractivity contribution in [2.45, 2.75) is 13.3 Å². The lowest BCUT2D eigenvalue weighted by atomic mass is 10.1. The molecule has 0 saturated heterocycles.